The van der Waals surface area contributed by atoms with Gasteiger partial charge in [0.25, 0.3) is 25.0 Å². The maximum Gasteiger partial charge on any atom is 0.411 e. The second kappa shape index (κ2) is 34.0. The fourth-order valence-corrected chi connectivity index (χ4v) is 27.9. The molecule has 2 saturated heterocycles. The first-order valence-corrected chi connectivity index (χ1v) is 41.6. The lowest BCUT2D eigenvalue weighted by Crippen LogP contribution is -2.68. The molecule has 0 unspecified atom stereocenters. The van der Waals surface area contributed by atoms with Gasteiger partial charge in [-0.2, -0.15) is 0 Å². The number of carbonyl (C=O) groups is 4. The summed E-state index contributed by atoms with van der Waals surface area (Å²) in [7, 11) is -8.35. The molecule has 554 valence electrons. The van der Waals surface area contributed by atoms with Crippen LogP contribution in [0.15, 0.2) is 194 Å². The predicted octanol–water partition coefficient (Wildman–Crippen LogP) is 12.6. The van der Waals surface area contributed by atoms with E-state index in [1.807, 2.05) is 115 Å². The monoisotopic (exact) mass is 1450 g/mol. The molecule has 6 aromatic carbocycles. The van der Waals surface area contributed by atoms with Gasteiger partial charge < -0.3 is 47.8 Å². The van der Waals surface area contributed by atoms with E-state index in [2.05, 4.69) is 195 Å². The van der Waals surface area contributed by atoms with Crippen molar-refractivity contribution < 1.29 is 61.6 Å². The van der Waals surface area contributed by atoms with Crippen molar-refractivity contribution in [2.45, 2.75) is 207 Å². The molecule has 0 aromatic heterocycles. The number of benzene rings is 6. The van der Waals surface area contributed by atoms with E-state index >= 15 is 0 Å². The zero-order valence-electron chi connectivity index (χ0n) is 64.2. The third-order valence-electron chi connectivity index (χ3n) is 18.6. The molecule has 3 aliphatic rings. The van der Waals surface area contributed by atoms with Gasteiger partial charge in [-0.1, -0.05) is 263 Å². The third-order valence-corrected chi connectivity index (χ3v) is 33.7. The highest BCUT2D eigenvalue weighted by atomic mass is 28.4. The largest absolute Gasteiger partial charge is 0.450 e. The number of carbonyl (C=O) groups excluding carboxylic acids is 4. The molecular formula is C82H116N4O13Si3. The number of amides is 4. The topological polar surface area (TPSA) is 195 Å². The van der Waals surface area contributed by atoms with Gasteiger partial charge in [-0.25, -0.2) is 19.2 Å². The fraction of sp³-hybridized carbons (Fsp3) is 0.488. The van der Waals surface area contributed by atoms with E-state index in [0.29, 0.717) is 19.7 Å². The molecule has 102 heavy (non-hydrogen) atoms. The second-order valence-corrected chi connectivity index (χ2v) is 45.8. The van der Waals surface area contributed by atoms with E-state index in [4.69, 9.17) is 32.2 Å². The molecular weight excluding hydrogens is 1330 g/mol. The zero-order valence-corrected chi connectivity index (χ0v) is 67.2. The summed E-state index contributed by atoms with van der Waals surface area (Å²) in [4.78, 5) is 56.2. The van der Waals surface area contributed by atoms with E-state index in [-0.39, 0.29) is 59.5 Å². The predicted molar refractivity (Wildman–Crippen MR) is 415 cm³/mol. The Bertz CT molecular complexity index is 3530. The summed E-state index contributed by atoms with van der Waals surface area (Å²) in [5.74, 6) is -0.0507. The minimum absolute atomic E-state index is 0.000753. The molecule has 3 heterocycles. The Labute approximate surface area is 611 Å². The van der Waals surface area contributed by atoms with Gasteiger partial charge in [-0.3, -0.25) is 14.7 Å². The van der Waals surface area contributed by atoms with Crippen molar-refractivity contribution in [3.8, 4) is 0 Å². The van der Waals surface area contributed by atoms with Crippen molar-refractivity contribution in [1.82, 2.24) is 20.0 Å². The molecule has 3 aliphatic heterocycles. The first-order chi connectivity index (χ1) is 47.7. The minimum Gasteiger partial charge on any atom is -0.450 e. The number of likely N-dealkylation sites (tertiary alicyclic amines) is 2. The molecule has 4 amide bonds. The Morgan fingerprint density at radius 1 is 0.431 bits per heavy atom. The van der Waals surface area contributed by atoms with E-state index in [0.717, 1.165) is 10.4 Å². The normalized spacial score (nSPS) is 19.8. The molecule has 2 fully saturated rings. The van der Waals surface area contributed by atoms with Crippen LogP contribution in [-0.4, -0.2) is 173 Å². The number of aliphatic hydroxyl groups excluding tert-OH is 2. The van der Waals surface area contributed by atoms with Crippen LogP contribution < -0.4 is 36.4 Å². The van der Waals surface area contributed by atoms with Crippen LogP contribution in [0.2, 0.25) is 15.1 Å². The molecule has 0 bridgehead atoms. The van der Waals surface area contributed by atoms with Gasteiger partial charge in [0.2, 0.25) is 0 Å². The highest BCUT2D eigenvalue weighted by molar-refractivity contribution is 7.00. The van der Waals surface area contributed by atoms with Crippen LogP contribution in [-0.2, 0) is 32.2 Å². The maximum atomic E-state index is 13.2. The lowest BCUT2D eigenvalue weighted by molar-refractivity contribution is 0.00725. The lowest BCUT2D eigenvalue weighted by atomic mass is 10.1. The van der Waals surface area contributed by atoms with Gasteiger partial charge in [-0.15, -0.1) is 0 Å². The Hall–Kier alpha value is -7.41. The molecule has 0 spiro atoms. The quantitative estimate of drug-likeness (QED) is 0.0444. The van der Waals surface area contributed by atoms with Gasteiger partial charge in [-0.05, 0) is 115 Å². The van der Waals surface area contributed by atoms with Crippen molar-refractivity contribution in [2.24, 2.45) is 5.92 Å². The molecule has 0 radical (unpaired) electrons. The van der Waals surface area contributed by atoms with Crippen LogP contribution in [0.5, 0.6) is 0 Å². The number of hydrogen-bond acceptors (Lipinski definition) is 13. The summed E-state index contributed by atoms with van der Waals surface area (Å²) in [5.41, 5.74) is -1.85. The maximum absolute atomic E-state index is 13.2. The standard InChI is InChI=1S/C29H42N2O6Si.C27H39NO4Si.C26H35NO3Si/c1-8-35-26(33)30-25-23(31(19-24(25)32)27(34)37-28(2,3)4)20-36-38(29(5,6)7,21-15-11-9-12-16-21)22-17-13-10-14-18-22;1-20-18-28(25(30)32-26(2,3)4)23(24(20)29)19-31-33(27(5,6)7,21-14-10-8-11-15-21)22-16-12-9-13-17-22;1-25(2,3)30-24(28)27-19-13-14-21(27)20-29-31(26(4,5)6,22-15-9-7-10-16-22)23-17-11-8-12-18-23/h9-18,23-25,32H,8,19-20H2,1-7H3,(H,30,33);8-17,20,23-24,29H,18-19H2,1-7H3;7-18,21H,19-20H2,1-6H3/t23-,24+,25-;20-,23+,24-;21-/m100/s1. The molecule has 20 heteroatoms. The van der Waals surface area contributed by atoms with Gasteiger partial charge in [0.05, 0.1) is 69.3 Å². The van der Waals surface area contributed by atoms with E-state index < -0.39 is 90.4 Å². The highest BCUT2D eigenvalue weighted by Crippen LogP contribution is 2.41. The summed E-state index contributed by atoms with van der Waals surface area (Å²) in [6, 6.07) is 60.2. The summed E-state index contributed by atoms with van der Waals surface area (Å²) >= 11 is 0. The average Bonchev–Trinajstić information content (AvgIpc) is 0.879. The highest BCUT2D eigenvalue weighted by Gasteiger charge is 2.56. The van der Waals surface area contributed by atoms with E-state index in [1.165, 1.54) is 25.6 Å². The van der Waals surface area contributed by atoms with Crippen molar-refractivity contribution in [2.75, 3.05) is 46.1 Å². The summed E-state index contributed by atoms with van der Waals surface area (Å²) in [6.07, 6.45) is 0.468. The number of aliphatic hydroxyl groups is 2. The molecule has 0 saturated carbocycles. The minimum atomic E-state index is -2.94. The number of nitrogens with one attached hydrogen (secondary N) is 1. The lowest BCUT2D eigenvalue weighted by Gasteiger charge is -2.44. The first-order valence-electron chi connectivity index (χ1n) is 35.9. The Kier molecular flexibility index (Phi) is 27.3. The molecule has 17 nitrogen and oxygen atoms in total. The zero-order chi connectivity index (χ0) is 75.3. The summed E-state index contributed by atoms with van der Waals surface area (Å²) < 4.78 is 43.1. The SMILES string of the molecule is CC(C)(C)OC(=O)N1CC=C[C@H]1CO[Si](c1ccccc1)(c1ccccc1)C(C)(C)C.CCOC(=O)N[C@@H]1[C@@H](CO[Si](c2ccccc2)(c2ccccc2)C(C)(C)C)N(C(=O)OC(C)(C)C)C[C@@H]1O.C[C@H]1CN(C(=O)OC(C)(C)C)[C@H](CO[Si](c2ccccc2)(c2ccccc2)C(C)(C)C)[C@H]1O. The van der Waals surface area contributed by atoms with Crippen LogP contribution in [0.25, 0.3) is 0 Å². The molecule has 9 rings (SSSR count). The summed E-state index contributed by atoms with van der Waals surface area (Å²) in [6.45, 7) is 42.2. The van der Waals surface area contributed by atoms with Crippen LogP contribution in [0.4, 0.5) is 19.2 Å². The first kappa shape index (κ1) is 81.9. The Balaban J connectivity index is 0.000000216. The number of rotatable bonds is 17. The Morgan fingerprint density at radius 2 is 0.725 bits per heavy atom. The number of β-amino-alcohol motifs (C(OH)–C–C–N with tert-alkyl or cyclic N) is 1. The van der Waals surface area contributed by atoms with Crippen LogP contribution in [0.1, 0.15) is 138 Å². The van der Waals surface area contributed by atoms with Crippen molar-refractivity contribution in [1.29, 1.82) is 0 Å². The van der Waals surface area contributed by atoms with Gasteiger partial charge in [0, 0.05) is 19.0 Å². The van der Waals surface area contributed by atoms with Crippen LogP contribution >= 0.6 is 0 Å². The average molecular weight is 1450 g/mol. The third kappa shape index (κ3) is 19.9. The molecule has 6 aromatic rings. The van der Waals surface area contributed by atoms with Gasteiger partial charge >= 0.3 is 24.4 Å². The molecule has 0 aliphatic carbocycles. The summed E-state index contributed by atoms with van der Waals surface area (Å²) in [5, 5.41) is 31.2. The fourth-order valence-electron chi connectivity index (χ4n) is 14.1. The molecule has 3 N–H and O–H groups in total. The smallest absolute Gasteiger partial charge is 0.411 e. The number of hydrogen-bond donors (Lipinski definition) is 3. The van der Waals surface area contributed by atoms with Crippen LogP contribution in [0.3, 0.4) is 0 Å². The van der Waals surface area contributed by atoms with E-state index in [1.54, 1.807) is 37.5 Å². The van der Waals surface area contributed by atoms with Crippen molar-refractivity contribution in [3.63, 3.8) is 0 Å². The number of ether oxygens (including phenoxy) is 4. The van der Waals surface area contributed by atoms with Gasteiger partial charge in [0.1, 0.15) is 16.8 Å². The number of nitrogens with zero attached hydrogens (tertiary/aromatic N) is 3. The number of alkyl carbamates (subject to hydrolysis) is 1. The van der Waals surface area contributed by atoms with Gasteiger partial charge in [0.15, 0.2) is 0 Å². The van der Waals surface area contributed by atoms with Crippen molar-refractivity contribution in [3.05, 3.63) is 194 Å². The van der Waals surface area contributed by atoms with Crippen LogP contribution in [0, 0.1) is 5.92 Å². The van der Waals surface area contributed by atoms with Crippen molar-refractivity contribution >= 4 is 80.4 Å². The second-order valence-electron chi connectivity index (χ2n) is 32.9. The molecule has 7 atom stereocenters. The van der Waals surface area contributed by atoms with E-state index in [9.17, 15) is 29.4 Å². The Morgan fingerprint density at radius 3 is 1.03 bits per heavy atom.